The molecule has 1 saturated carbocycles. The number of fused-ring (bicyclic) bond motifs is 2. The number of amides is 1. The molecule has 96 valence electrons. The number of rotatable bonds is 2. The molecule has 1 aliphatic heterocycles. The van der Waals surface area contributed by atoms with Crippen molar-refractivity contribution in [3.05, 3.63) is 29.8 Å². The Morgan fingerprint density at radius 2 is 2.22 bits per heavy atom. The van der Waals surface area contributed by atoms with Gasteiger partial charge in [0.25, 0.3) is 0 Å². The van der Waals surface area contributed by atoms with Gasteiger partial charge in [0.2, 0.25) is 5.91 Å². The van der Waals surface area contributed by atoms with E-state index in [1.54, 1.807) is 4.90 Å². The minimum absolute atomic E-state index is 0.0364. The molecular formula is C15H20N2O. The van der Waals surface area contributed by atoms with E-state index < -0.39 is 0 Å². The van der Waals surface area contributed by atoms with Crippen molar-refractivity contribution in [2.45, 2.75) is 38.3 Å². The van der Waals surface area contributed by atoms with Crippen molar-refractivity contribution in [2.75, 3.05) is 11.9 Å². The van der Waals surface area contributed by atoms with E-state index in [2.05, 4.69) is 24.4 Å². The first-order valence-corrected chi connectivity index (χ1v) is 6.75. The van der Waals surface area contributed by atoms with Crippen LogP contribution in [0.2, 0.25) is 0 Å². The molecule has 3 nitrogen and oxygen atoms in total. The van der Waals surface area contributed by atoms with Crippen LogP contribution in [0.5, 0.6) is 0 Å². The van der Waals surface area contributed by atoms with Crippen LogP contribution in [0.3, 0.4) is 0 Å². The standard InChI is InChI=1S/C15H20N2O/c1-10-4-3-5-13(8-10)17(2)15(18)14-11-6-7-12(9-11)16-14/h3-5,8,11-12,14,16H,6-7,9H2,1-2H3. The molecule has 1 heterocycles. The maximum atomic E-state index is 12.5. The molecule has 3 atom stereocenters. The van der Waals surface area contributed by atoms with Gasteiger partial charge < -0.3 is 10.2 Å². The summed E-state index contributed by atoms with van der Waals surface area (Å²) in [6, 6.07) is 8.73. The monoisotopic (exact) mass is 244 g/mol. The van der Waals surface area contributed by atoms with Crippen molar-refractivity contribution in [1.82, 2.24) is 5.32 Å². The number of anilines is 1. The maximum Gasteiger partial charge on any atom is 0.244 e. The Labute approximate surface area is 108 Å². The summed E-state index contributed by atoms with van der Waals surface area (Å²) >= 11 is 0. The Kier molecular flexibility index (Phi) is 2.86. The average molecular weight is 244 g/mol. The quantitative estimate of drug-likeness (QED) is 0.864. The lowest BCUT2D eigenvalue weighted by Crippen LogP contribution is -2.48. The molecule has 18 heavy (non-hydrogen) atoms. The van der Waals surface area contributed by atoms with Gasteiger partial charge in [-0.15, -0.1) is 0 Å². The van der Waals surface area contributed by atoms with Crippen LogP contribution in [0.15, 0.2) is 24.3 Å². The molecule has 3 heteroatoms. The second-order valence-corrected chi connectivity index (χ2v) is 5.65. The maximum absolute atomic E-state index is 12.5. The Hall–Kier alpha value is -1.35. The van der Waals surface area contributed by atoms with E-state index in [-0.39, 0.29) is 11.9 Å². The number of hydrogen-bond donors (Lipinski definition) is 1. The number of nitrogens with one attached hydrogen (secondary N) is 1. The molecule has 2 fully saturated rings. The Morgan fingerprint density at radius 1 is 1.39 bits per heavy atom. The molecule has 0 aromatic heterocycles. The summed E-state index contributed by atoms with van der Waals surface area (Å²) in [6.07, 6.45) is 3.62. The molecular weight excluding hydrogens is 224 g/mol. The van der Waals surface area contributed by atoms with Crippen LogP contribution in [-0.2, 0) is 4.79 Å². The summed E-state index contributed by atoms with van der Waals surface area (Å²) in [4.78, 5) is 14.3. The number of carbonyl (C=O) groups excluding carboxylic acids is 1. The fourth-order valence-electron chi connectivity index (χ4n) is 3.31. The number of likely N-dealkylation sites (N-methyl/N-ethyl adjacent to an activating group) is 1. The molecule has 2 bridgehead atoms. The van der Waals surface area contributed by atoms with E-state index in [1.165, 1.54) is 24.8 Å². The van der Waals surface area contributed by atoms with E-state index in [1.807, 2.05) is 19.2 Å². The van der Waals surface area contributed by atoms with Crippen LogP contribution in [0.1, 0.15) is 24.8 Å². The highest BCUT2D eigenvalue weighted by molar-refractivity contribution is 5.97. The summed E-state index contributed by atoms with van der Waals surface area (Å²) in [5, 5.41) is 3.46. The van der Waals surface area contributed by atoms with Crippen LogP contribution >= 0.6 is 0 Å². The fraction of sp³-hybridized carbons (Fsp3) is 0.533. The topological polar surface area (TPSA) is 32.3 Å². The van der Waals surface area contributed by atoms with Gasteiger partial charge in [0.15, 0.2) is 0 Å². The Balaban J connectivity index is 1.76. The first kappa shape index (κ1) is 11.7. The lowest BCUT2D eigenvalue weighted by molar-refractivity contribution is -0.121. The summed E-state index contributed by atoms with van der Waals surface area (Å²) in [6.45, 7) is 2.05. The van der Waals surface area contributed by atoms with Gasteiger partial charge in [-0.25, -0.2) is 0 Å². The first-order valence-electron chi connectivity index (χ1n) is 6.75. The normalized spacial score (nSPS) is 29.6. The van der Waals surface area contributed by atoms with E-state index in [0.29, 0.717) is 12.0 Å². The van der Waals surface area contributed by atoms with Crippen molar-refractivity contribution in [2.24, 2.45) is 5.92 Å². The van der Waals surface area contributed by atoms with Gasteiger partial charge in [-0.05, 0) is 49.8 Å². The van der Waals surface area contributed by atoms with Gasteiger partial charge in [0.1, 0.15) is 0 Å². The van der Waals surface area contributed by atoms with Gasteiger partial charge >= 0.3 is 0 Å². The minimum Gasteiger partial charge on any atom is -0.314 e. The summed E-state index contributed by atoms with van der Waals surface area (Å²) in [7, 11) is 1.88. The summed E-state index contributed by atoms with van der Waals surface area (Å²) < 4.78 is 0. The SMILES string of the molecule is Cc1cccc(N(C)C(=O)C2NC3CCC2C3)c1. The molecule has 0 radical (unpaired) electrons. The smallest absolute Gasteiger partial charge is 0.244 e. The molecule has 1 N–H and O–H groups in total. The van der Waals surface area contributed by atoms with Gasteiger partial charge in [-0.2, -0.15) is 0 Å². The predicted octanol–water partition coefficient (Wildman–Crippen LogP) is 2.10. The summed E-state index contributed by atoms with van der Waals surface area (Å²) in [5.41, 5.74) is 2.18. The highest BCUT2D eigenvalue weighted by Gasteiger charge is 2.43. The van der Waals surface area contributed by atoms with E-state index >= 15 is 0 Å². The molecule has 0 spiro atoms. The zero-order chi connectivity index (χ0) is 12.7. The molecule has 1 saturated heterocycles. The number of hydrogen-bond acceptors (Lipinski definition) is 2. The van der Waals surface area contributed by atoms with Crippen molar-refractivity contribution >= 4 is 11.6 Å². The van der Waals surface area contributed by atoms with Crippen LogP contribution < -0.4 is 10.2 Å². The lowest BCUT2D eigenvalue weighted by Gasteiger charge is -2.27. The number of piperidine rings is 1. The highest BCUT2D eigenvalue weighted by Crippen LogP contribution is 2.36. The molecule has 1 amide bonds. The molecule has 3 unspecified atom stereocenters. The van der Waals surface area contributed by atoms with E-state index in [0.717, 1.165) is 5.69 Å². The van der Waals surface area contributed by atoms with Crippen LogP contribution in [0, 0.1) is 12.8 Å². The van der Waals surface area contributed by atoms with Crippen LogP contribution in [0.4, 0.5) is 5.69 Å². The largest absolute Gasteiger partial charge is 0.314 e. The molecule has 1 aromatic rings. The third kappa shape index (κ3) is 1.93. The summed E-state index contributed by atoms with van der Waals surface area (Å²) in [5.74, 6) is 0.766. The van der Waals surface area contributed by atoms with Crippen molar-refractivity contribution in [3.8, 4) is 0 Å². The van der Waals surface area contributed by atoms with Gasteiger partial charge in [0, 0.05) is 18.8 Å². The van der Waals surface area contributed by atoms with Crippen molar-refractivity contribution < 1.29 is 4.79 Å². The predicted molar refractivity (Wildman–Crippen MR) is 72.6 cm³/mol. The van der Waals surface area contributed by atoms with Crippen LogP contribution in [0.25, 0.3) is 0 Å². The second kappa shape index (κ2) is 4.39. The Bertz CT molecular complexity index is 471. The second-order valence-electron chi connectivity index (χ2n) is 5.65. The zero-order valence-electron chi connectivity index (χ0n) is 11.0. The lowest BCUT2D eigenvalue weighted by atomic mass is 9.98. The highest BCUT2D eigenvalue weighted by atomic mass is 16.2. The number of nitrogens with zero attached hydrogens (tertiary/aromatic N) is 1. The van der Waals surface area contributed by atoms with E-state index in [4.69, 9.17) is 0 Å². The van der Waals surface area contributed by atoms with Gasteiger partial charge in [-0.1, -0.05) is 12.1 Å². The minimum atomic E-state index is 0.0364. The third-order valence-electron chi connectivity index (χ3n) is 4.35. The van der Waals surface area contributed by atoms with Gasteiger partial charge in [-0.3, -0.25) is 4.79 Å². The molecule has 2 aliphatic rings. The molecule has 1 aromatic carbocycles. The van der Waals surface area contributed by atoms with Crippen molar-refractivity contribution in [3.63, 3.8) is 0 Å². The number of benzene rings is 1. The van der Waals surface area contributed by atoms with Gasteiger partial charge in [0.05, 0.1) is 6.04 Å². The fourth-order valence-corrected chi connectivity index (χ4v) is 3.31. The Morgan fingerprint density at radius 3 is 2.83 bits per heavy atom. The average Bonchev–Trinajstić information content (AvgIpc) is 2.99. The van der Waals surface area contributed by atoms with Crippen LogP contribution in [-0.4, -0.2) is 25.0 Å². The number of aryl methyl sites for hydroxylation is 1. The first-order chi connectivity index (χ1) is 8.65. The van der Waals surface area contributed by atoms with E-state index in [9.17, 15) is 4.79 Å². The zero-order valence-corrected chi connectivity index (χ0v) is 11.0. The molecule has 3 rings (SSSR count). The third-order valence-corrected chi connectivity index (χ3v) is 4.35. The van der Waals surface area contributed by atoms with Crippen molar-refractivity contribution in [1.29, 1.82) is 0 Å². The molecule has 1 aliphatic carbocycles. The number of carbonyl (C=O) groups is 1.